The van der Waals surface area contributed by atoms with Crippen LogP contribution >= 0.6 is 0 Å². The van der Waals surface area contributed by atoms with Crippen LogP contribution in [0.5, 0.6) is 0 Å². The van der Waals surface area contributed by atoms with Crippen LogP contribution in [0.2, 0.25) is 0 Å². The van der Waals surface area contributed by atoms with E-state index in [9.17, 15) is 5.11 Å². The van der Waals surface area contributed by atoms with Crippen molar-refractivity contribution in [1.29, 1.82) is 0 Å². The van der Waals surface area contributed by atoms with Crippen molar-refractivity contribution >= 4 is 0 Å². The number of rotatable bonds is 12. The predicted molar refractivity (Wildman–Crippen MR) is 134 cm³/mol. The zero-order valence-electron chi connectivity index (χ0n) is 22.0. The van der Waals surface area contributed by atoms with Crippen molar-refractivity contribution in [3.63, 3.8) is 0 Å². The largest absolute Gasteiger partial charge is 0.487 e. The van der Waals surface area contributed by atoms with Gasteiger partial charge in [-0.3, -0.25) is 0 Å². The van der Waals surface area contributed by atoms with Crippen LogP contribution in [0.3, 0.4) is 0 Å². The van der Waals surface area contributed by atoms with Gasteiger partial charge in [0, 0.05) is 5.92 Å². The second-order valence-corrected chi connectivity index (χ2v) is 11.8. The molecule has 2 aliphatic rings. The first-order valence-corrected chi connectivity index (χ1v) is 13.3. The average molecular weight is 433 g/mol. The second-order valence-electron chi connectivity index (χ2n) is 11.8. The van der Waals surface area contributed by atoms with Crippen molar-refractivity contribution in [3.05, 3.63) is 22.5 Å². The Kier molecular flexibility index (Phi) is 10.2. The normalized spacial score (nSPS) is 28.6. The summed E-state index contributed by atoms with van der Waals surface area (Å²) in [4.78, 5) is 0. The van der Waals surface area contributed by atoms with Gasteiger partial charge in [0.1, 0.15) is 11.4 Å². The number of hydrogen-bond donors (Lipinski definition) is 1. The Bertz CT molecular complexity index is 629. The maximum atomic E-state index is 10.5. The minimum Gasteiger partial charge on any atom is -0.487 e. The van der Waals surface area contributed by atoms with Gasteiger partial charge < -0.3 is 9.84 Å². The Balaban J connectivity index is 1.71. The van der Waals surface area contributed by atoms with Gasteiger partial charge >= 0.3 is 0 Å². The van der Waals surface area contributed by atoms with Crippen molar-refractivity contribution in [3.8, 4) is 0 Å². The Hall–Kier alpha value is -0.760. The van der Waals surface area contributed by atoms with E-state index in [0.717, 1.165) is 48.3 Å². The fourth-order valence-electron chi connectivity index (χ4n) is 5.57. The SMILES string of the molecule is CC1=C(C)C(O)C(C)C2=C1OC(C)(CCCC(C)CCCC(C)CCCC(C)C)CC2. The lowest BCUT2D eigenvalue weighted by Gasteiger charge is -2.43. The van der Waals surface area contributed by atoms with Gasteiger partial charge in [-0.25, -0.2) is 0 Å². The van der Waals surface area contributed by atoms with E-state index in [4.69, 9.17) is 4.74 Å². The molecule has 0 spiro atoms. The highest BCUT2D eigenvalue weighted by molar-refractivity contribution is 5.42. The molecule has 0 aromatic carbocycles. The van der Waals surface area contributed by atoms with Gasteiger partial charge in [0.05, 0.1) is 6.10 Å². The fourth-order valence-corrected chi connectivity index (χ4v) is 5.57. The van der Waals surface area contributed by atoms with Crippen LogP contribution in [0.25, 0.3) is 0 Å². The molecule has 0 fully saturated rings. The molecule has 180 valence electrons. The third-order valence-corrected chi connectivity index (χ3v) is 8.24. The van der Waals surface area contributed by atoms with Crippen molar-refractivity contribution in [1.82, 2.24) is 0 Å². The summed E-state index contributed by atoms with van der Waals surface area (Å²) in [7, 11) is 0. The second kappa shape index (κ2) is 11.9. The summed E-state index contributed by atoms with van der Waals surface area (Å²) in [5.41, 5.74) is 3.54. The molecular formula is C29H52O2. The zero-order chi connectivity index (χ0) is 23.2. The van der Waals surface area contributed by atoms with Gasteiger partial charge in [0.15, 0.2) is 0 Å². The van der Waals surface area contributed by atoms with E-state index < -0.39 is 0 Å². The first-order chi connectivity index (χ1) is 14.5. The van der Waals surface area contributed by atoms with Crippen LogP contribution < -0.4 is 0 Å². The lowest BCUT2D eigenvalue weighted by atomic mass is 9.76. The van der Waals surface area contributed by atoms with E-state index in [0.29, 0.717) is 0 Å². The molecule has 1 aliphatic carbocycles. The summed E-state index contributed by atoms with van der Waals surface area (Å²) in [6.07, 6.45) is 13.9. The molecule has 2 nitrogen and oxygen atoms in total. The molecule has 0 radical (unpaired) electrons. The summed E-state index contributed by atoms with van der Waals surface area (Å²) in [5, 5.41) is 10.5. The first-order valence-electron chi connectivity index (χ1n) is 13.3. The van der Waals surface area contributed by atoms with Crippen molar-refractivity contribution in [2.24, 2.45) is 23.7 Å². The first kappa shape index (κ1) is 26.5. The maximum absolute atomic E-state index is 10.5. The summed E-state index contributed by atoms with van der Waals surface area (Å²) in [6.45, 7) is 18.2. The molecule has 2 rings (SSSR count). The topological polar surface area (TPSA) is 29.5 Å². The molecule has 0 aromatic heterocycles. The highest BCUT2D eigenvalue weighted by Gasteiger charge is 2.39. The third-order valence-electron chi connectivity index (χ3n) is 8.24. The van der Waals surface area contributed by atoms with Crippen molar-refractivity contribution in [2.45, 2.75) is 138 Å². The van der Waals surface area contributed by atoms with E-state index in [1.807, 2.05) is 0 Å². The zero-order valence-corrected chi connectivity index (χ0v) is 22.0. The lowest BCUT2D eigenvalue weighted by molar-refractivity contribution is -0.0167. The number of hydrogen-bond acceptors (Lipinski definition) is 2. The van der Waals surface area contributed by atoms with Gasteiger partial charge in [-0.1, -0.05) is 79.6 Å². The van der Waals surface area contributed by atoms with Crippen LogP contribution in [0.4, 0.5) is 0 Å². The number of allylic oxidation sites excluding steroid dienone is 1. The van der Waals surface area contributed by atoms with Crippen LogP contribution in [0, 0.1) is 23.7 Å². The Labute approximate surface area is 193 Å². The molecular weight excluding hydrogens is 380 g/mol. The molecule has 1 aliphatic heterocycles. The standard InChI is InChI=1S/C29H52O2/c1-20(2)12-9-13-21(3)14-10-15-22(4)16-11-18-29(8)19-17-26-25(7)27(30)23(5)24(6)28(26)31-29/h20-22,25,27,30H,9-19H2,1-8H3. The van der Waals surface area contributed by atoms with Crippen LogP contribution in [0.15, 0.2) is 22.5 Å². The Morgan fingerprint density at radius 2 is 1.48 bits per heavy atom. The number of aliphatic hydroxyl groups is 1. The monoisotopic (exact) mass is 432 g/mol. The molecule has 0 aromatic rings. The molecule has 5 unspecified atom stereocenters. The van der Waals surface area contributed by atoms with Gasteiger partial charge in [0.25, 0.3) is 0 Å². The van der Waals surface area contributed by atoms with Gasteiger partial charge in [-0.2, -0.15) is 0 Å². The van der Waals surface area contributed by atoms with Gasteiger partial charge in [-0.15, -0.1) is 0 Å². The summed E-state index contributed by atoms with van der Waals surface area (Å²) in [5.74, 6) is 3.85. The molecule has 31 heavy (non-hydrogen) atoms. The molecule has 0 saturated carbocycles. The number of ether oxygens (including phenoxy) is 1. The molecule has 2 heteroatoms. The highest BCUT2D eigenvalue weighted by atomic mass is 16.5. The van der Waals surface area contributed by atoms with Gasteiger partial charge in [0.2, 0.25) is 0 Å². The van der Waals surface area contributed by atoms with E-state index in [-0.39, 0.29) is 17.6 Å². The van der Waals surface area contributed by atoms with Crippen molar-refractivity contribution < 1.29 is 9.84 Å². The van der Waals surface area contributed by atoms with E-state index in [2.05, 4.69) is 55.4 Å². The summed E-state index contributed by atoms with van der Waals surface area (Å²) < 4.78 is 6.64. The van der Waals surface area contributed by atoms with Crippen LogP contribution in [-0.4, -0.2) is 16.8 Å². The fraction of sp³-hybridized carbons (Fsp3) is 0.862. The minimum absolute atomic E-state index is 0.0486. The van der Waals surface area contributed by atoms with Crippen LogP contribution in [-0.2, 0) is 4.74 Å². The quantitative estimate of drug-likeness (QED) is 0.334. The third kappa shape index (κ3) is 7.65. The van der Waals surface area contributed by atoms with E-state index in [1.165, 1.54) is 62.5 Å². The average Bonchev–Trinajstić information content (AvgIpc) is 2.70. The van der Waals surface area contributed by atoms with E-state index in [1.54, 1.807) is 0 Å². The minimum atomic E-state index is -0.342. The molecule has 1 heterocycles. The Morgan fingerprint density at radius 3 is 2.06 bits per heavy atom. The smallest absolute Gasteiger partial charge is 0.122 e. The van der Waals surface area contributed by atoms with Gasteiger partial charge in [-0.05, 0) is 80.9 Å². The summed E-state index contributed by atoms with van der Waals surface area (Å²) in [6, 6.07) is 0. The van der Waals surface area contributed by atoms with Crippen molar-refractivity contribution in [2.75, 3.05) is 0 Å². The maximum Gasteiger partial charge on any atom is 0.122 e. The molecule has 0 amide bonds. The lowest BCUT2D eigenvalue weighted by Crippen LogP contribution is -2.38. The van der Waals surface area contributed by atoms with E-state index >= 15 is 0 Å². The molecule has 1 N–H and O–H groups in total. The highest BCUT2D eigenvalue weighted by Crippen LogP contribution is 2.45. The molecule has 5 atom stereocenters. The molecule has 0 bridgehead atoms. The number of aliphatic hydroxyl groups excluding tert-OH is 1. The molecule has 0 saturated heterocycles. The van der Waals surface area contributed by atoms with Crippen LogP contribution in [0.1, 0.15) is 126 Å². The summed E-state index contributed by atoms with van der Waals surface area (Å²) >= 11 is 0. The Morgan fingerprint density at radius 1 is 0.935 bits per heavy atom. The predicted octanol–water partition coefficient (Wildman–Crippen LogP) is 8.60.